The van der Waals surface area contributed by atoms with Gasteiger partial charge in [0.25, 0.3) is 0 Å². The molecule has 0 aromatic heterocycles. The van der Waals surface area contributed by atoms with Gasteiger partial charge in [-0.25, -0.2) is 4.79 Å². The summed E-state index contributed by atoms with van der Waals surface area (Å²) in [5.74, 6) is 2.14. The van der Waals surface area contributed by atoms with E-state index < -0.39 is 0 Å². The zero-order valence-corrected chi connectivity index (χ0v) is 10.9. The fraction of sp³-hybridized carbons (Fsp3) is 0.462. The van der Waals surface area contributed by atoms with Gasteiger partial charge >= 0.3 is 6.09 Å². The van der Waals surface area contributed by atoms with Crippen molar-refractivity contribution in [1.82, 2.24) is 0 Å². The van der Waals surface area contributed by atoms with E-state index in [-0.39, 0.29) is 11.7 Å². The van der Waals surface area contributed by atoms with Crippen LogP contribution in [0.15, 0.2) is 24.3 Å². The van der Waals surface area contributed by atoms with E-state index in [4.69, 9.17) is 10.5 Å². The molecule has 0 bridgehead atoms. The number of carbonyl (C=O) groups is 1. The summed E-state index contributed by atoms with van der Waals surface area (Å²) in [6.45, 7) is 0.649. The molecule has 0 atom stereocenters. The molecule has 4 nitrogen and oxygen atoms in total. The van der Waals surface area contributed by atoms with Gasteiger partial charge in [0.05, 0.1) is 6.54 Å². The van der Waals surface area contributed by atoms with Crippen molar-refractivity contribution in [2.45, 2.75) is 18.4 Å². The van der Waals surface area contributed by atoms with Gasteiger partial charge in [-0.2, -0.15) is 11.8 Å². The number of thioether (sulfide) groups is 1. The molecule has 2 aliphatic rings. The van der Waals surface area contributed by atoms with Crippen LogP contribution in [0.2, 0.25) is 0 Å². The number of benzene rings is 1. The summed E-state index contributed by atoms with van der Waals surface area (Å²) < 4.78 is 5.63. The van der Waals surface area contributed by atoms with E-state index in [0.29, 0.717) is 12.2 Å². The molecule has 1 amide bonds. The number of ether oxygens (including phenoxy) is 1. The van der Waals surface area contributed by atoms with E-state index in [1.54, 1.807) is 4.90 Å². The first-order valence-corrected chi connectivity index (χ1v) is 7.28. The van der Waals surface area contributed by atoms with E-state index in [1.807, 2.05) is 36.0 Å². The number of hydrogen-bond acceptors (Lipinski definition) is 4. The third-order valence-electron chi connectivity index (χ3n) is 3.56. The molecule has 2 fully saturated rings. The third kappa shape index (κ3) is 2.03. The first-order chi connectivity index (χ1) is 8.69. The van der Waals surface area contributed by atoms with Crippen LogP contribution in [0.3, 0.4) is 0 Å². The van der Waals surface area contributed by atoms with Crippen LogP contribution >= 0.6 is 11.8 Å². The highest BCUT2D eigenvalue weighted by Crippen LogP contribution is 2.37. The maximum Gasteiger partial charge on any atom is 0.415 e. The average Bonchev–Trinajstić information content (AvgIpc) is 2.67. The van der Waals surface area contributed by atoms with Gasteiger partial charge in [-0.1, -0.05) is 6.07 Å². The van der Waals surface area contributed by atoms with E-state index in [0.717, 1.165) is 30.0 Å². The lowest BCUT2D eigenvalue weighted by Gasteiger charge is -2.30. The van der Waals surface area contributed by atoms with E-state index >= 15 is 0 Å². The molecule has 18 heavy (non-hydrogen) atoms. The largest absolute Gasteiger partial charge is 0.441 e. The van der Waals surface area contributed by atoms with Gasteiger partial charge in [0.15, 0.2) is 0 Å². The monoisotopic (exact) mass is 264 g/mol. The number of hydrogen-bond donors (Lipinski definition) is 1. The normalized spacial score (nSPS) is 22.2. The van der Waals surface area contributed by atoms with Crippen molar-refractivity contribution in [2.75, 3.05) is 28.7 Å². The summed E-state index contributed by atoms with van der Waals surface area (Å²) in [6.07, 6.45) is 1.65. The molecule has 3 rings (SSSR count). The van der Waals surface area contributed by atoms with Crippen molar-refractivity contribution >= 4 is 29.2 Å². The van der Waals surface area contributed by atoms with Gasteiger partial charge in [-0.05, 0) is 42.5 Å². The fourth-order valence-electron chi connectivity index (χ4n) is 2.52. The predicted octanol–water partition coefficient (Wildman–Crippen LogP) is 2.49. The summed E-state index contributed by atoms with van der Waals surface area (Å²) in [5.41, 5.74) is 6.98. The minimum Gasteiger partial charge on any atom is -0.441 e. The van der Waals surface area contributed by atoms with Crippen LogP contribution in [0.1, 0.15) is 12.8 Å². The van der Waals surface area contributed by atoms with Gasteiger partial charge in [0.2, 0.25) is 0 Å². The lowest BCUT2D eigenvalue weighted by molar-refractivity contribution is 0.0502. The average molecular weight is 264 g/mol. The van der Waals surface area contributed by atoms with Gasteiger partial charge in [-0.3, -0.25) is 4.90 Å². The Bertz CT molecular complexity index is 472. The molecule has 2 N–H and O–H groups in total. The summed E-state index contributed by atoms with van der Waals surface area (Å²) in [7, 11) is 0. The van der Waals surface area contributed by atoms with Crippen molar-refractivity contribution in [2.24, 2.45) is 0 Å². The minimum absolute atomic E-state index is 0.243. The molecular weight excluding hydrogens is 248 g/mol. The van der Waals surface area contributed by atoms with Gasteiger partial charge in [0.1, 0.15) is 5.60 Å². The number of nitrogens with zero attached hydrogens (tertiary/aromatic N) is 1. The molecule has 2 saturated heterocycles. The second-order valence-electron chi connectivity index (χ2n) is 4.84. The maximum atomic E-state index is 12.0. The minimum atomic E-state index is -0.271. The van der Waals surface area contributed by atoms with Crippen LogP contribution in [0, 0.1) is 0 Å². The smallest absolute Gasteiger partial charge is 0.415 e. The first-order valence-electron chi connectivity index (χ1n) is 6.12. The van der Waals surface area contributed by atoms with Crippen LogP contribution in [-0.4, -0.2) is 29.7 Å². The van der Waals surface area contributed by atoms with Crippen molar-refractivity contribution in [1.29, 1.82) is 0 Å². The molecule has 96 valence electrons. The number of carbonyl (C=O) groups excluding carboxylic acids is 1. The second kappa shape index (κ2) is 4.39. The van der Waals surface area contributed by atoms with Crippen LogP contribution in [-0.2, 0) is 4.74 Å². The Hall–Kier alpha value is -1.36. The van der Waals surface area contributed by atoms with Crippen LogP contribution in [0.4, 0.5) is 16.2 Å². The molecule has 0 saturated carbocycles. The highest BCUT2D eigenvalue weighted by Gasteiger charge is 2.46. The highest BCUT2D eigenvalue weighted by molar-refractivity contribution is 7.99. The summed E-state index contributed by atoms with van der Waals surface area (Å²) in [6, 6.07) is 7.39. The summed E-state index contributed by atoms with van der Waals surface area (Å²) >= 11 is 1.93. The highest BCUT2D eigenvalue weighted by atomic mass is 32.2. The quantitative estimate of drug-likeness (QED) is 0.792. The third-order valence-corrected chi connectivity index (χ3v) is 4.54. The zero-order chi connectivity index (χ0) is 12.6. The van der Waals surface area contributed by atoms with Crippen LogP contribution < -0.4 is 10.6 Å². The standard InChI is InChI=1S/C13H16N2O2S/c14-10-2-1-3-11(8-10)15-9-13(17-12(15)16)4-6-18-7-5-13/h1-3,8H,4-7,9,14H2. The predicted molar refractivity (Wildman–Crippen MR) is 74.0 cm³/mol. The molecular formula is C13H16N2O2S. The maximum absolute atomic E-state index is 12.0. The van der Waals surface area contributed by atoms with E-state index in [9.17, 15) is 4.79 Å². The molecule has 1 aromatic carbocycles. The van der Waals surface area contributed by atoms with Crippen molar-refractivity contribution in [3.05, 3.63) is 24.3 Å². The lowest BCUT2D eigenvalue weighted by Crippen LogP contribution is -2.38. The Balaban J connectivity index is 1.84. The number of anilines is 2. The first kappa shape index (κ1) is 11.7. The van der Waals surface area contributed by atoms with Gasteiger partial charge in [0, 0.05) is 11.4 Å². The van der Waals surface area contributed by atoms with Crippen molar-refractivity contribution in [3.8, 4) is 0 Å². The topological polar surface area (TPSA) is 55.6 Å². The van der Waals surface area contributed by atoms with Gasteiger partial charge < -0.3 is 10.5 Å². The Kier molecular flexibility index (Phi) is 2.86. The second-order valence-corrected chi connectivity index (χ2v) is 6.07. The number of rotatable bonds is 1. The Labute approximate surface area is 110 Å². The molecule has 0 aliphatic carbocycles. The molecule has 0 unspecified atom stereocenters. The van der Waals surface area contributed by atoms with E-state index in [2.05, 4.69) is 0 Å². The van der Waals surface area contributed by atoms with E-state index in [1.165, 1.54) is 0 Å². The summed E-state index contributed by atoms with van der Waals surface area (Å²) in [4.78, 5) is 13.7. The van der Waals surface area contributed by atoms with Crippen LogP contribution in [0.5, 0.6) is 0 Å². The van der Waals surface area contributed by atoms with Crippen molar-refractivity contribution in [3.63, 3.8) is 0 Å². The van der Waals surface area contributed by atoms with Crippen LogP contribution in [0.25, 0.3) is 0 Å². The fourth-order valence-corrected chi connectivity index (χ4v) is 3.76. The molecule has 2 heterocycles. The SMILES string of the molecule is Nc1cccc(N2CC3(CCSCC3)OC2=O)c1. The molecule has 0 radical (unpaired) electrons. The molecule has 1 aromatic rings. The Morgan fingerprint density at radius 3 is 2.83 bits per heavy atom. The zero-order valence-electron chi connectivity index (χ0n) is 10.1. The summed E-state index contributed by atoms with van der Waals surface area (Å²) in [5, 5.41) is 0. The molecule has 5 heteroatoms. The number of nitrogens with two attached hydrogens (primary N) is 1. The molecule has 1 spiro atoms. The Morgan fingerprint density at radius 1 is 1.33 bits per heavy atom. The molecule has 2 aliphatic heterocycles. The number of nitrogen functional groups attached to an aromatic ring is 1. The van der Waals surface area contributed by atoms with Crippen molar-refractivity contribution < 1.29 is 9.53 Å². The van der Waals surface area contributed by atoms with Gasteiger partial charge in [-0.15, -0.1) is 0 Å². The Morgan fingerprint density at radius 2 is 2.11 bits per heavy atom. The lowest BCUT2D eigenvalue weighted by atomic mass is 9.97. The number of amides is 1.